The van der Waals surface area contributed by atoms with E-state index in [1.165, 1.54) is 6.20 Å². The van der Waals surface area contributed by atoms with Gasteiger partial charge in [0.25, 0.3) is 5.91 Å². The lowest BCUT2D eigenvalue weighted by molar-refractivity contribution is 0.0698. The van der Waals surface area contributed by atoms with Gasteiger partial charge in [0, 0.05) is 23.5 Å². The standard InChI is InChI=1S/C17H13N3O4/c1-10-5-2-3-7-12(10)15(21)19-16-13(17(22)23)14(20-24-16)11-6-4-8-18-9-11/h2-9H,1H3,(H,19,21)(H,22,23). The normalized spacial score (nSPS) is 10.4. The van der Waals surface area contributed by atoms with E-state index in [4.69, 9.17) is 4.52 Å². The number of carbonyl (C=O) groups is 2. The highest BCUT2D eigenvalue weighted by Crippen LogP contribution is 2.28. The van der Waals surface area contributed by atoms with Crippen LogP contribution >= 0.6 is 0 Å². The van der Waals surface area contributed by atoms with Gasteiger partial charge in [-0.1, -0.05) is 23.4 Å². The van der Waals surface area contributed by atoms with E-state index in [0.717, 1.165) is 5.56 Å². The van der Waals surface area contributed by atoms with Gasteiger partial charge in [-0.15, -0.1) is 0 Å². The minimum absolute atomic E-state index is 0.107. The van der Waals surface area contributed by atoms with Crippen LogP contribution in [0, 0.1) is 6.92 Å². The van der Waals surface area contributed by atoms with Crippen LogP contribution in [0.4, 0.5) is 5.88 Å². The third-order valence-corrected chi connectivity index (χ3v) is 3.46. The Kier molecular flexibility index (Phi) is 4.07. The molecule has 0 saturated heterocycles. The van der Waals surface area contributed by atoms with E-state index in [9.17, 15) is 14.7 Å². The minimum atomic E-state index is -1.25. The Hall–Kier alpha value is -3.48. The molecule has 2 N–H and O–H groups in total. The molecule has 0 unspecified atom stereocenters. The molecule has 7 heteroatoms. The van der Waals surface area contributed by atoms with E-state index >= 15 is 0 Å². The summed E-state index contributed by atoms with van der Waals surface area (Å²) in [6, 6.07) is 10.3. The van der Waals surface area contributed by atoms with Crippen LogP contribution in [0.3, 0.4) is 0 Å². The monoisotopic (exact) mass is 323 g/mol. The number of pyridine rings is 1. The summed E-state index contributed by atoms with van der Waals surface area (Å²) >= 11 is 0. The molecule has 3 aromatic rings. The molecule has 2 heterocycles. The van der Waals surface area contributed by atoms with Crippen molar-refractivity contribution in [3.05, 3.63) is 65.5 Å². The van der Waals surface area contributed by atoms with Gasteiger partial charge >= 0.3 is 5.97 Å². The smallest absolute Gasteiger partial charge is 0.343 e. The Bertz CT molecular complexity index is 903. The number of rotatable bonds is 4. The van der Waals surface area contributed by atoms with Crippen molar-refractivity contribution in [1.82, 2.24) is 10.1 Å². The van der Waals surface area contributed by atoms with E-state index in [0.29, 0.717) is 11.1 Å². The van der Waals surface area contributed by atoms with E-state index < -0.39 is 11.9 Å². The molecule has 1 amide bonds. The lowest BCUT2D eigenvalue weighted by Crippen LogP contribution is -2.15. The fraction of sp³-hybridized carbons (Fsp3) is 0.0588. The second-order valence-corrected chi connectivity index (χ2v) is 5.05. The molecule has 24 heavy (non-hydrogen) atoms. The first-order chi connectivity index (χ1) is 11.6. The van der Waals surface area contributed by atoms with Crippen molar-refractivity contribution in [3.8, 4) is 11.3 Å². The zero-order valence-electron chi connectivity index (χ0n) is 12.7. The summed E-state index contributed by atoms with van der Waals surface area (Å²) in [7, 11) is 0. The van der Waals surface area contributed by atoms with Gasteiger partial charge in [-0.05, 0) is 30.7 Å². The maximum absolute atomic E-state index is 12.4. The number of aromatic nitrogens is 2. The topological polar surface area (TPSA) is 105 Å². The molecule has 0 fully saturated rings. The minimum Gasteiger partial charge on any atom is -0.477 e. The average Bonchev–Trinajstić information content (AvgIpc) is 2.99. The van der Waals surface area contributed by atoms with Crippen LogP contribution < -0.4 is 5.32 Å². The fourth-order valence-electron chi connectivity index (χ4n) is 2.27. The summed E-state index contributed by atoms with van der Waals surface area (Å²) in [6.45, 7) is 1.79. The Labute approximate surface area is 136 Å². The first-order valence-electron chi connectivity index (χ1n) is 7.08. The summed E-state index contributed by atoms with van der Waals surface area (Å²) in [6.07, 6.45) is 3.03. The summed E-state index contributed by atoms with van der Waals surface area (Å²) in [5, 5.41) is 15.7. The summed E-state index contributed by atoms with van der Waals surface area (Å²) in [4.78, 5) is 27.9. The van der Waals surface area contributed by atoms with Crippen LogP contribution in [-0.2, 0) is 0 Å². The van der Waals surface area contributed by atoms with Crippen molar-refractivity contribution < 1.29 is 19.2 Å². The molecule has 0 spiro atoms. The molecule has 0 bridgehead atoms. The number of nitrogens with zero attached hydrogens (tertiary/aromatic N) is 2. The van der Waals surface area contributed by atoms with E-state index in [1.54, 1.807) is 43.5 Å². The molecule has 3 rings (SSSR count). The van der Waals surface area contributed by atoms with Gasteiger partial charge in [-0.2, -0.15) is 0 Å². The molecular weight excluding hydrogens is 310 g/mol. The number of aryl methyl sites for hydroxylation is 1. The van der Waals surface area contributed by atoms with Crippen molar-refractivity contribution in [3.63, 3.8) is 0 Å². The number of aromatic carboxylic acids is 1. The number of carboxylic acid groups (broad SMARTS) is 1. The molecule has 0 radical (unpaired) electrons. The fourth-order valence-corrected chi connectivity index (χ4v) is 2.27. The third kappa shape index (κ3) is 2.87. The lowest BCUT2D eigenvalue weighted by atomic mass is 10.1. The highest BCUT2D eigenvalue weighted by molar-refractivity contribution is 6.09. The molecule has 0 aliphatic carbocycles. The Balaban J connectivity index is 1.98. The molecule has 120 valence electrons. The maximum Gasteiger partial charge on any atom is 0.343 e. The van der Waals surface area contributed by atoms with Crippen LogP contribution in [0.1, 0.15) is 26.3 Å². The van der Waals surface area contributed by atoms with Crippen molar-refractivity contribution in [2.24, 2.45) is 0 Å². The van der Waals surface area contributed by atoms with Crippen LogP contribution in [0.2, 0.25) is 0 Å². The number of carboxylic acids is 1. The van der Waals surface area contributed by atoms with Gasteiger partial charge in [0.1, 0.15) is 5.69 Å². The Morgan fingerprint density at radius 2 is 1.96 bits per heavy atom. The molecule has 0 aliphatic rings. The molecule has 0 saturated carbocycles. The van der Waals surface area contributed by atoms with Crippen LogP contribution in [0.15, 0.2) is 53.3 Å². The SMILES string of the molecule is Cc1ccccc1C(=O)Nc1onc(-c2cccnc2)c1C(=O)O. The third-order valence-electron chi connectivity index (χ3n) is 3.46. The predicted molar refractivity (Wildman–Crippen MR) is 85.8 cm³/mol. The molecule has 0 aliphatic heterocycles. The van der Waals surface area contributed by atoms with Crippen molar-refractivity contribution in [1.29, 1.82) is 0 Å². The van der Waals surface area contributed by atoms with Crippen molar-refractivity contribution in [2.45, 2.75) is 6.92 Å². The molecule has 1 aromatic carbocycles. The van der Waals surface area contributed by atoms with Crippen LogP contribution in [-0.4, -0.2) is 27.1 Å². The summed E-state index contributed by atoms with van der Waals surface area (Å²) in [5.74, 6) is -1.94. The Morgan fingerprint density at radius 3 is 2.62 bits per heavy atom. The van der Waals surface area contributed by atoms with Gasteiger partial charge in [0.15, 0.2) is 5.56 Å². The van der Waals surface area contributed by atoms with Crippen molar-refractivity contribution in [2.75, 3.05) is 5.32 Å². The molecule has 7 nitrogen and oxygen atoms in total. The number of anilines is 1. The first-order valence-corrected chi connectivity index (χ1v) is 7.08. The van der Waals surface area contributed by atoms with E-state index in [1.807, 2.05) is 6.07 Å². The van der Waals surface area contributed by atoms with Gasteiger partial charge in [0.2, 0.25) is 5.88 Å². The number of benzene rings is 1. The number of hydrogen-bond donors (Lipinski definition) is 2. The number of nitrogens with one attached hydrogen (secondary N) is 1. The summed E-state index contributed by atoms with van der Waals surface area (Å²) in [5.41, 5.74) is 1.56. The molecular formula is C17H13N3O4. The van der Waals surface area contributed by atoms with Crippen LogP contribution in [0.5, 0.6) is 0 Å². The van der Waals surface area contributed by atoms with Gasteiger partial charge in [-0.3, -0.25) is 15.1 Å². The number of amides is 1. The highest BCUT2D eigenvalue weighted by Gasteiger charge is 2.25. The number of hydrogen-bond acceptors (Lipinski definition) is 5. The van der Waals surface area contributed by atoms with E-state index in [-0.39, 0.29) is 17.1 Å². The second kappa shape index (κ2) is 6.33. The van der Waals surface area contributed by atoms with Gasteiger partial charge in [-0.25, -0.2) is 4.79 Å². The Morgan fingerprint density at radius 1 is 1.17 bits per heavy atom. The van der Waals surface area contributed by atoms with Gasteiger partial charge in [0.05, 0.1) is 0 Å². The predicted octanol–water partition coefficient (Wildman–Crippen LogP) is 3.00. The quantitative estimate of drug-likeness (QED) is 0.764. The lowest BCUT2D eigenvalue weighted by Gasteiger charge is -2.05. The first kappa shape index (κ1) is 15.4. The maximum atomic E-state index is 12.4. The van der Waals surface area contributed by atoms with Crippen LogP contribution in [0.25, 0.3) is 11.3 Å². The van der Waals surface area contributed by atoms with Crippen molar-refractivity contribution >= 4 is 17.8 Å². The second-order valence-electron chi connectivity index (χ2n) is 5.05. The van der Waals surface area contributed by atoms with Gasteiger partial charge < -0.3 is 9.63 Å². The highest BCUT2D eigenvalue weighted by atomic mass is 16.5. The average molecular weight is 323 g/mol. The number of carbonyl (C=O) groups excluding carboxylic acids is 1. The zero-order valence-corrected chi connectivity index (χ0v) is 12.7. The molecule has 2 aromatic heterocycles. The molecule has 0 atom stereocenters. The largest absolute Gasteiger partial charge is 0.477 e. The summed E-state index contributed by atoms with van der Waals surface area (Å²) < 4.78 is 5.05. The zero-order chi connectivity index (χ0) is 17.1. The van der Waals surface area contributed by atoms with E-state index in [2.05, 4.69) is 15.5 Å².